The summed E-state index contributed by atoms with van der Waals surface area (Å²) < 4.78 is 55.5. The molecule has 0 bridgehead atoms. The zero-order valence-corrected chi connectivity index (χ0v) is 25.0. The maximum absolute atomic E-state index is 10.6. The molecule has 0 amide bonds. The van der Waals surface area contributed by atoms with Gasteiger partial charge in [-0.05, 0) is 36.0 Å². The third-order valence-corrected chi connectivity index (χ3v) is 7.60. The first-order valence-corrected chi connectivity index (χ1v) is 14.6. The molecule has 1 fully saturated rings. The number of benzene rings is 4. The van der Waals surface area contributed by atoms with Crippen molar-refractivity contribution >= 4 is 16.7 Å². The quantitative estimate of drug-likeness (QED) is 0.173. The summed E-state index contributed by atoms with van der Waals surface area (Å²) in [6.07, 6.45) is -4.01. The lowest BCUT2D eigenvalue weighted by atomic mass is 9.87. The molecule has 2 N–H and O–H groups in total. The number of carbonyl (C=O) groups is 1. The monoisotopic (exact) mass is 634 g/mol. The number of halogens is 3. The predicted molar refractivity (Wildman–Crippen MR) is 166 cm³/mol. The Hall–Kier alpha value is -4.87. The van der Waals surface area contributed by atoms with Crippen LogP contribution in [0.5, 0.6) is 11.5 Å². The molecule has 0 radical (unpaired) electrons. The number of ether oxygens (including phenoxy) is 3. The van der Waals surface area contributed by atoms with Gasteiger partial charge in [-0.15, -0.1) is 0 Å². The van der Waals surface area contributed by atoms with Gasteiger partial charge in [-0.1, -0.05) is 84.0 Å². The number of aromatic nitrogens is 1. The second kappa shape index (κ2) is 14.9. The Labute approximate surface area is 263 Å². The SMILES string of the molecule is COc1c(COC2CNCCC2c2ccc(OCc3cc(-c4ccccc4)no3)cc2)ccc2ccccc12.O=C(O)C(F)(F)F. The second-order valence-electron chi connectivity index (χ2n) is 10.6. The van der Waals surface area contributed by atoms with E-state index in [2.05, 4.69) is 46.9 Å². The van der Waals surface area contributed by atoms with Crippen LogP contribution < -0.4 is 14.8 Å². The van der Waals surface area contributed by atoms with Crippen molar-refractivity contribution in [1.82, 2.24) is 10.5 Å². The summed E-state index contributed by atoms with van der Waals surface area (Å²) in [4.78, 5) is 8.90. The number of carboxylic acid groups (broad SMARTS) is 1. The van der Waals surface area contributed by atoms with Gasteiger partial charge in [-0.2, -0.15) is 13.2 Å². The van der Waals surface area contributed by atoms with Crippen LogP contribution in [0.25, 0.3) is 22.0 Å². The van der Waals surface area contributed by atoms with Crippen LogP contribution in [-0.2, 0) is 22.7 Å². The fourth-order valence-electron chi connectivity index (χ4n) is 5.32. The highest BCUT2D eigenvalue weighted by atomic mass is 19.4. The first kappa shape index (κ1) is 32.5. The smallest absolute Gasteiger partial charge is 0.490 e. The van der Waals surface area contributed by atoms with Gasteiger partial charge in [0.25, 0.3) is 0 Å². The maximum Gasteiger partial charge on any atom is 0.490 e. The average Bonchev–Trinajstić information content (AvgIpc) is 3.56. The lowest BCUT2D eigenvalue weighted by Crippen LogP contribution is -2.41. The number of carboxylic acids is 1. The van der Waals surface area contributed by atoms with E-state index >= 15 is 0 Å². The van der Waals surface area contributed by atoms with Crippen LogP contribution in [0.15, 0.2) is 102 Å². The number of aliphatic carboxylic acids is 1. The summed E-state index contributed by atoms with van der Waals surface area (Å²) in [5, 5.41) is 17.1. The lowest BCUT2D eigenvalue weighted by molar-refractivity contribution is -0.192. The topological polar surface area (TPSA) is 103 Å². The summed E-state index contributed by atoms with van der Waals surface area (Å²) in [5.41, 5.74) is 4.15. The zero-order valence-electron chi connectivity index (χ0n) is 25.0. The minimum atomic E-state index is -5.08. The van der Waals surface area contributed by atoms with Gasteiger partial charge in [-0.3, -0.25) is 0 Å². The molecule has 1 aliphatic rings. The van der Waals surface area contributed by atoms with E-state index in [1.165, 1.54) is 5.56 Å². The second-order valence-corrected chi connectivity index (χ2v) is 10.6. The Morgan fingerprint density at radius 3 is 2.41 bits per heavy atom. The molecule has 5 aromatic rings. The summed E-state index contributed by atoms with van der Waals surface area (Å²) >= 11 is 0. The number of piperidine rings is 1. The first-order chi connectivity index (χ1) is 22.2. The molecule has 1 saturated heterocycles. The van der Waals surface area contributed by atoms with Crippen LogP contribution in [0, 0.1) is 0 Å². The van der Waals surface area contributed by atoms with Crippen molar-refractivity contribution in [2.45, 2.75) is 37.8 Å². The van der Waals surface area contributed by atoms with Crippen molar-refractivity contribution in [3.05, 3.63) is 114 Å². The highest BCUT2D eigenvalue weighted by Crippen LogP contribution is 2.33. The third kappa shape index (κ3) is 8.23. The van der Waals surface area contributed by atoms with Gasteiger partial charge in [0.05, 0.1) is 19.8 Å². The summed E-state index contributed by atoms with van der Waals surface area (Å²) in [5.74, 6) is -0.0860. The average molecular weight is 635 g/mol. The Morgan fingerprint density at radius 2 is 1.70 bits per heavy atom. The third-order valence-electron chi connectivity index (χ3n) is 7.60. The highest BCUT2D eigenvalue weighted by Gasteiger charge is 2.38. The number of nitrogens with zero attached hydrogens (tertiary/aromatic N) is 1. The normalized spacial score (nSPS) is 16.3. The van der Waals surface area contributed by atoms with Gasteiger partial charge in [-0.25, -0.2) is 4.79 Å². The van der Waals surface area contributed by atoms with E-state index in [4.69, 9.17) is 28.6 Å². The van der Waals surface area contributed by atoms with Gasteiger partial charge >= 0.3 is 12.1 Å². The van der Waals surface area contributed by atoms with Crippen LogP contribution >= 0.6 is 0 Å². The van der Waals surface area contributed by atoms with Crippen LogP contribution in [0.1, 0.15) is 29.2 Å². The number of nitrogens with one attached hydrogen (secondary N) is 1. The number of hydrogen-bond donors (Lipinski definition) is 2. The summed E-state index contributed by atoms with van der Waals surface area (Å²) in [7, 11) is 1.73. The van der Waals surface area contributed by atoms with Gasteiger partial charge in [0.2, 0.25) is 0 Å². The molecule has 6 rings (SSSR count). The molecule has 0 aliphatic carbocycles. The Kier molecular flexibility index (Phi) is 10.6. The van der Waals surface area contributed by atoms with Gasteiger partial charge < -0.3 is 29.2 Å². The van der Waals surface area contributed by atoms with Gasteiger partial charge in [0.1, 0.15) is 23.8 Å². The Bertz CT molecular complexity index is 1720. The fraction of sp³-hybridized carbons (Fsp3) is 0.257. The highest BCUT2D eigenvalue weighted by molar-refractivity contribution is 5.89. The van der Waals surface area contributed by atoms with Crippen molar-refractivity contribution < 1.29 is 41.8 Å². The van der Waals surface area contributed by atoms with Crippen LogP contribution in [-0.4, -0.2) is 48.7 Å². The first-order valence-electron chi connectivity index (χ1n) is 14.6. The lowest BCUT2D eigenvalue weighted by Gasteiger charge is -2.32. The molecule has 46 heavy (non-hydrogen) atoms. The number of hydrogen-bond acceptors (Lipinski definition) is 7. The van der Waals surface area contributed by atoms with E-state index < -0.39 is 12.1 Å². The Balaban J connectivity index is 0.000000537. The van der Waals surface area contributed by atoms with Crippen molar-refractivity contribution in [3.8, 4) is 22.8 Å². The maximum atomic E-state index is 10.6. The van der Waals surface area contributed by atoms with Crippen molar-refractivity contribution in [2.75, 3.05) is 20.2 Å². The molecule has 11 heteroatoms. The minimum Gasteiger partial charge on any atom is -0.496 e. The van der Waals surface area contributed by atoms with E-state index in [0.29, 0.717) is 24.9 Å². The molecule has 0 spiro atoms. The molecule has 2 heterocycles. The van der Waals surface area contributed by atoms with Crippen LogP contribution in [0.4, 0.5) is 13.2 Å². The Morgan fingerprint density at radius 1 is 0.978 bits per heavy atom. The molecular formula is C35H33F3N2O6. The number of fused-ring (bicyclic) bond motifs is 1. The van der Waals surface area contributed by atoms with E-state index in [0.717, 1.165) is 58.6 Å². The van der Waals surface area contributed by atoms with E-state index in [1.807, 2.05) is 60.7 Å². The van der Waals surface area contributed by atoms with Crippen LogP contribution in [0.3, 0.4) is 0 Å². The molecule has 2 unspecified atom stereocenters. The molecule has 4 aromatic carbocycles. The van der Waals surface area contributed by atoms with Crippen molar-refractivity contribution in [1.29, 1.82) is 0 Å². The molecule has 2 atom stereocenters. The molecular weight excluding hydrogens is 601 g/mol. The van der Waals surface area contributed by atoms with Gasteiger partial charge in [0, 0.05) is 35.0 Å². The molecule has 1 aromatic heterocycles. The van der Waals surface area contributed by atoms with Gasteiger partial charge in [0.15, 0.2) is 5.76 Å². The van der Waals surface area contributed by atoms with E-state index in [9.17, 15) is 13.2 Å². The number of alkyl halides is 3. The van der Waals surface area contributed by atoms with E-state index in [1.54, 1.807) is 7.11 Å². The molecule has 1 aliphatic heterocycles. The molecule has 8 nitrogen and oxygen atoms in total. The standard InChI is InChI=1S/C33H32N2O4.C2HF3O2/c1-36-33-26(12-11-23-7-5-6-10-30(23)33)21-38-32-20-34-18-17-29(32)24-13-15-27(16-14-24)37-22-28-19-31(35-39-28)25-8-3-2-4-9-25;3-2(4,5)1(6)7/h2-16,19,29,32,34H,17-18,20-22H2,1H3;(H,6,7). The summed E-state index contributed by atoms with van der Waals surface area (Å²) in [6.45, 7) is 2.61. The summed E-state index contributed by atoms with van der Waals surface area (Å²) in [6, 6.07) is 32.8. The zero-order chi connectivity index (χ0) is 32.5. The van der Waals surface area contributed by atoms with E-state index in [-0.39, 0.29) is 6.10 Å². The van der Waals surface area contributed by atoms with Crippen molar-refractivity contribution in [3.63, 3.8) is 0 Å². The molecule has 240 valence electrons. The molecule has 0 saturated carbocycles. The minimum absolute atomic E-state index is 0.0623. The number of rotatable bonds is 9. The predicted octanol–water partition coefficient (Wildman–Crippen LogP) is 7.38. The van der Waals surface area contributed by atoms with Crippen molar-refractivity contribution in [2.24, 2.45) is 0 Å². The van der Waals surface area contributed by atoms with Crippen LogP contribution in [0.2, 0.25) is 0 Å². The number of methoxy groups -OCH3 is 1. The largest absolute Gasteiger partial charge is 0.496 e. The fourth-order valence-corrected chi connectivity index (χ4v) is 5.32.